The lowest BCUT2D eigenvalue weighted by Crippen LogP contribution is -2.33. The van der Waals surface area contributed by atoms with Crippen molar-refractivity contribution in [3.63, 3.8) is 0 Å². The zero-order chi connectivity index (χ0) is 16.1. The monoisotopic (exact) mass is 314 g/mol. The number of H-pyrrole nitrogens is 1. The Labute approximate surface area is 132 Å². The minimum absolute atomic E-state index is 0.0460. The number of hydrogen-bond acceptors (Lipinski definition) is 6. The highest BCUT2D eigenvalue weighted by atomic mass is 16.4. The summed E-state index contributed by atoms with van der Waals surface area (Å²) in [4.78, 5) is 16.1. The maximum absolute atomic E-state index is 11.8. The number of nitrogens with zero attached hydrogens (tertiary/aromatic N) is 3. The third-order valence-electron chi connectivity index (χ3n) is 3.41. The number of aromatic amines is 1. The largest absolute Gasteiger partial charge is 0.424 e. The fraction of sp³-hybridized carbons (Fsp3) is 0.333. The van der Waals surface area contributed by atoms with Gasteiger partial charge in [-0.3, -0.25) is 4.79 Å². The van der Waals surface area contributed by atoms with Crippen LogP contribution in [0.1, 0.15) is 30.3 Å². The van der Waals surface area contributed by atoms with Gasteiger partial charge in [-0.15, -0.1) is 0 Å². The molecule has 1 amide bonds. The van der Waals surface area contributed by atoms with Crippen LogP contribution in [0.4, 0.5) is 6.01 Å². The standard InChI is InChI=1S/C15H18N6O2/c1-10(18-14(22)12-9-17-21-20-12)5-4-8-16-15-19-11-6-2-3-7-13(11)23-15/h2-3,6-7,9-10H,4-5,8H2,1H3,(H,16,19)(H,18,22)(H,17,20,21). The number of oxazole rings is 1. The molecule has 0 aliphatic carbocycles. The molecule has 0 radical (unpaired) electrons. The molecule has 0 saturated carbocycles. The van der Waals surface area contributed by atoms with Crippen molar-refractivity contribution in [1.82, 2.24) is 25.7 Å². The number of benzene rings is 1. The number of aromatic nitrogens is 4. The second-order valence-electron chi connectivity index (χ2n) is 5.29. The van der Waals surface area contributed by atoms with E-state index in [1.807, 2.05) is 31.2 Å². The van der Waals surface area contributed by atoms with Gasteiger partial charge in [-0.2, -0.15) is 20.4 Å². The molecule has 2 heterocycles. The van der Waals surface area contributed by atoms with Crippen LogP contribution in [0.25, 0.3) is 11.1 Å². The highest BCUT2D eigenvalue weighted by Crippen LogP contribution is 2.17. The van der Waals surface area contributed by atoms with Crippen molar-refractivity contribution in [3.8, 4) is 0 Å². The van der Waals surface area contributed by atoms with Crippen molar-refractivity contribution in [2.45, 2.75) is 25.8 Å². The van der Waals surface area contributed by atoms with E-state index in [2.05, 4.69) is 31.0 Å². The van der Waals surface area contributed by atoms with Crippen LogP contribution in [0.2, 0.25) is 0 Å². The molecule has 1 atom stereocenters. The van der Waals surface area contributed by atoms with E-state index in [0.29, 0.717) is 11.7 Å². The highest BCUT2D eigenvalue weighted by Gasteiger charge is 2.12. The van der Waals surface area contributed by atoms with E-state index >= 15 is 0 Å². The summed E-state index contributed by atoms with van der Waals surface area (Å²) in [5.41, 5.74) is 1.90. The number of amides is 1. The summed E-state index contributed by atoms with van der Waals surface area (Å²) in [5, 5.41) is 15.8. The number of fused-ring (bicyclic) bond motifs is 1. The Morgan fingerprint density at radius 3 is 3.04 bits per heavy atom. The van der Waals surface area contributed by atoms with Crippen molar-refractivity contribution in [1.29, 1.82) is 0 Å². The molecule has 23 heavy (non-hydrogen) atoms. The summed E-state index contributed by atoms with van der Waals surface area (Å²) in [5.74, 6) is -0.224. The minimum Gasteiger partial charge on any atom is -0.424 e. The lowest BCUT2D eigenvalue weighted by Gasteiger charge is -2.12. The molecule has 3 aromatic rings. The molecule has 1 unspecified atom stereocenters. The van der Waals surface area contributed by atoms with Crippen LogP contribution in [0.3, 0.4) is 0 Å². The van der Waals surface area contributed by atoms with Crippen molar-refractivity contribution >= 4 is 23.0 Å². The van der Waals surface area contributed by atoms with Crippen molar-refractivity contribution < 1.29 is 9.21 Å². The predicted octanol–water partition coefficient (Wildman–Crippen LogP) is 1.96. The summed E-state index contributed by atoms with van der Waals surface area (Å²) in [7, 11) is 0. The first kappa shape index (κ1) is 15.0. The molecule has 0 spiro atoms. The molecular formula is C15H18N6O2. The summed E-state index contributed by atoms with van der Waals surface area (Å²) in [6.45, 7) is 2.68. The fourth-order valence-corrected chi connectivity index (χ4v) is 2.23. The van der Waals surface area contributed by atoms with Gasteiger partial charge in [-0.1, -0.05) is 12.1 Å². The molecule has 2 aromatic heterocycles. The van der Waals surface area contributed by atoms with Gasteiger partial charge >= 0.3 is 0 Å². The average molecular weight is 314 g/mol. The fourth-order valence-electron chi connectivity index (χ4n) is 2.23. The number of rotatable bonds is 7. The number of anilines is 1. The average Bonchev–Trinajstić information content (AvgIpc) is 3.20. The highest BCUT2D eigenvalue weighted by molar-refractivity contribution is 5.91. The van der Waals surface area contributed by atoms with Gasteiger partial charge in [0.2, 0.25) is 0 Å². The summed E-state index contributed by atoms with van der Waals surface area (Å²) in [6, 6.07) is 8.19. The first-order chi connectivity index (χ1) is 11.2. The third-order valence-corrected chi connectivity index (χ3v) is 3.41. The molecule has 0 aliphatic rings. The second kappa shape index (κ2) is 6.91. The lowest BCUT2D eigenvalue weighted by atomic mass is 10.2. The van der Waals surface area contributed by atoms with Gasteiger partial charge in [0.1, 0.15) is 5.52 Å². The molecule has 0 bridgehead atoms. The van der Waals surface area contributed by atoms with E-state index in [-0.39, 0.29) is 11.9 Å². The maximum Gasteiger partial charge on any atom is 0.295 e. The molecule has 8 nitrogen and oxygen atoms in total. The smallest absolute Gasteiger partial charge is 0.295 e. The number of para-hydroxylation sites is 2. The predicted molar refractivity (Wildman–Crippen MR) is 85.0 cm³/mol. The summed E-state index contributed by atoms with van der Waals surface area (Å²) in [6.07, 6.45) is 3.10. The van der Waals surface area contributed by atoms with Crippen molar-refractivity contribution in [2.75, 3.05) is 11.9 Å². The molecule has 0 aliphatic heterocycles. The van der Waals surface area contributed by atoms with Crippen LogP contribution in [0.15, 0.2) is 34.9 Å². The number of nitrogens with one attached hydrogen (secondary N) is 3. The summed E-state index contributed by atoms with van der Waals surface area (Å²) >= 11 is 0. The first-order valence-electron chi connectivity index (χ1n) is 7.48. The van der Waals surface area contributed by atoms with E-state index in [1.54, 1.807) is 0 Å². The van der Waals surface area contributed by atoms with Crippen LogP contribution < -0.4 is 10.6 Å². The maximum atomic E-state index is 11.8. The Balaban J connectivity index is 1.40. The van der Waals surface area contributed by atoms with Gasteiger partial charge in [0.15, 0.2) is 11.3 Å². The minimum atomic E-state index is -0.224. The quantitative estimate of drug-likeness (QED) is 0.575. The second-order valence-corrected chi connectivity index (χ2v) is 5.29. The van der Waals surface area contributed by atoms with Crippen molar-refractivity contribution in [2.24, 2.45) is 0 Å². The SMILES string of the molecule is CC(CCCNc1nc2ccccc2o1)NC(=O)c1cn[nH]n1. The molecule has 8 heteroatoms. The van der Waals surface area contributed by atoms with Crippen molar-refractivity contribution in [3.05, 3.63) is 36.2 Å². The molecular weight excluding hydrogens is 296 g/mol. The van der Waals surface area contributed by atoms with E-state index in [1.165, 1.54) is 6.20 Å². The van der Waals surface area contributed by atoms with Gasteiger partial charge in [0.05, 0.1) is 6.20 Å². The van der Waals surface area contributed by atoms with Gasteiger partial charge < -0.3 is 15.1 Å². The molecule has 1 aromatic carbocycles. The Kier molecular flexibility index (Phi) is 4.51. The van der Waals surface area contributed by atoms with E-state index in [9.17, 15) is 4.79 Å². The van der Waals surface area contributed by atoms with Gasteiger partial charge in [-0.25, -0.2) is 0 Å². The van der Waals surface area contributed by atoms with Gasteiger partial charge in [0.25, 0.3) is 11.9 Å². The van der Waals surface area contributed by atoms with E-state index < -0.39 is 0 Å². The molecule has 120 valence electrons. The number of carbonyl (C=O) groups excluding carboxylic acids is 1. The van der Waals surface area contributed by atoms with Crippen LogP contribution in [0.5, 0.6) is 0 Å². The van der Waals surface area contributed by atoms with Gasteiger partial charge in [0, 0.05) is 12.6 Å². The molecule has 0 saturated heterocycles. The summed E-state index contributed by atoms with van der Waals surface area (Å²) < 4.78 is 5.58. The van der Waals surface area contributed by atoms with Crippen LogP contribution in [-0.4, -0.2) is 38.9 Å². The van der Waals surface area contributed by atoms with Crippen LogP contribution in [0, 0.1) is 0 Å². The molecule has 3 N–H and O–H groups in total. The number of hydrogen-bond donors (Lipinski definition) is 3. The van der Waals surface area contributed by atoms with Crippen LogP contribution >= 0.6 is 0 Å². The van der Waals surface area contributed by atoms with Crippen LogP contribution in [-0.2, 0) is 0 Å². The zero-order valence-corrected chi connectivity index (χ0v) is 12.7. The third kappa shape index (κ3) is 3.85. The molecule has 3 rings (SSSR count). The van der Waals surface area contributed by atoms with E-state index in [4.69, 9.17) is 4.42 Å². The first-order valence-corrected chi connectivity index (χ1v) is 7.48. The normalized spacial score (nSPS) is 12.2. The molecule has 0 fully saturated rings. The Bertz CT molecular complexity index is 734. The van der Waals surface area contributed by atoms with E-state index in [0.717, 1.165) is 30.5 Å². The number of carbonyl (C=O) groups is 1. The lowest BCUT2D eigenvalue weighted by molar-refractivity contribution is 0.0933. The van der Waals surface area contributed by atoms with Gasteiger partial charge in [-0.05, 0) is 31.9 Å². The Morgan fingerprint density at radius 2 is 2.26 bits per heavy atom. The Morgan fingerprint density at radius 1 is 1.39 bits per heavy atom. The zero-order valence-electron chi connectivity index (χ0n) is 12.7. The Hall–Kier alpha value is -2.90. The topological polar surface area (TPSA) is 109 Å².